The molecule has 3 atom stereocenters. The molecular formula is C25H26F6N8O4. The molecule has 2 fully saturated rings. The van der Waals surface area contributed by atoms with Crippen LogP contribution in [0.15, 0.2) is 24.7 Å². The van der Waals surface area contributed by atoms with E-state index < -0.39 is 67.9 Å². The van der Waals surface area contributed by atoms with Crippen LogP contribution < -0.4 is 15.8 Å². The largest absolute Gasteiger partial charge is 0.480 e. The van der Waals surface area contributed by atoms with Crippen molar-refractivity contribution in [1.29, 1.82) is 0 Å². The van der Waals surface area contributed by atoms with Crippen molar-refractivity contribution >= 4 is 23.1 Å². The Hall–Kier alpha value is -4.19. The van der Waals surface area contributed by atoms with Gasteiger partial charge in [-0.2, -0.15) is 18.3 Å². The van der Waals surface area contributed by atoms with E-state index in [9.17, 15) is 41.0 Å². The number of fused-ring (bicyclic) bond motifs is 1. The van der Waals surface area contributed by atoms with Gasteiger partial charge in [0.25, 0.3) is 17.7 Å². The number of aromatic nitrogens is 4. The monoisotopic (exact) mass is 616 g/mol. The molecule has 2 aliphatic rings. The molecule has 0 bridgehead atoms. The second kappa shape index (κ2) is 10.5. The quantitative estimate of drug-likeness (QED) is 0.335. The van der Waals surface area contributed by atoms with Gasteiger partial charge in [-0.25, -0.2) is 27.7 Å². The Balaban J connectivity index is 1.41. The number of methoxy groups -OCH3 is 1. The number of hydrogen-bond acceptors (Lipinski definition) is 9. The summed E-state index contributed by atoms with van der Waals surface area (Å²) < 4.78 is 87.6. The van der Waals surface area contributed by atoms with E-state index in [4.69, 9.17) is 10.5 Å². The van der Waals surface area contributed by atoms with Crippen molar-refractivity contribution in [1.82, 2.24) is 34.7 Å². The van der Waals surface area contributed by atoms with E-state index in [2.05, 4.69) is 20.4 Å². The highest BCUT2D eigenvalue weighted by Gasteiger charge is 2.58. The zero-order chi connectivity index (χ0) is 31.5. The average Bonchev–Trinajstić information content (AvgIpc) is 3.47. The predicted molar refractivity (Wildman–Crippen MR) is 137 cm³/mol. The van der Waals surface area contributed by atoms with Crippen LogP contribution in [0.25, 0.3) is 16.8 Å². The Morgan fingerprint density at radius 3 is 2.53 bits per heavy atom. The van der Waals surface area contributed by atoms with Gasteiger partial charge in [-0.3, -0.25) is 14.5 Å². The number of ether oxygens (including phenoxy) is 1. The summed E-state index contributed by atoms with van der Waals surface area (Å²) in [5, 5.41) is 16.3. The summed E-state index contributed by atoms with van der Waals surface area (Å²) >= 11 is 0. The van der Waals surface area contributed by atoms with Gasteiger partial charge in [-0.15, -0.1) is 0 Å². The predicted octanol–water partition coefficient (Wildman–Crippen LogP) is 1.42. The van der Waals surface area contributed by atoms with Crippen LogP contribution in [0.1, 0.15) is 22.8 Å². The number of hydrogen-bond donors (Lipinski definition) is 3. The summed E-state index contributed by atoms with van der Waals surface area (Å²) in [5.74, 6) is -5.53. The molecule has 2 saturated heterocycles. The van der Waals surface area contributed by atoms with Crippen molar-refractivity contribution in [2.75, 3.05) is 39.0 Å². The molecule has 18 heteroatoms. The molecule has 4 N–H and O–H groups in total. The first-order valence-corrected chi connectivity index (χ1v) is 12.8. The van der Waals surface area contributed by atoms with E-state index >= 15 is 0 Å². The first-order valence-electron chi connectivity index (χ1n) is 12.8. The van der Waals surface area contributed by atoms with E-state index in [1.165, 1.54) is 35.1 Å². The van der Waals surface area contributed by atoms with Crippen LogP contribution >= 0.6 is 0 Å². The molecule has 0 spiro atoms. The number of nitrogens with two attached hydrogens (primary N) is 1. The van der Waals surface area contributed by atoms with Crippen LogP contribution in [0.5, 0.6) is 5.88 Å². The smallest absolute Gasteiger partial charge is 0.426 e. The zero-order valence-electron chi connectivity index (χ0n) is 22.7. The fourth-order valence-electron chi connectivity index (χ4n) is 5.09. The minimum Gasteiger partial charge on any atom is -0.480 e. The van der Waals surface area contributed by atoms with Crippen LogP contribution in [0.2, 0.25) is 0 Å². The third kappa shape index (κ3) is 5.51. The van der Waals surface area contributed by atoms with Gasteiger partial charge in [0.05, 0.1) is 38.5 Å². The molecule has 12 nitrogen and oxygen atoms in total. The fourth-order valence-corrected chi connectivity index (χ4v) is 5.09. The maximum absolute atomic E-state index is 14.8. The second-order valence-electron chi connectivity index (χ2n) is 10.6. The molecule has 43 heavy (non-hydrogen) atoms. The van der Waals surface area contributed by atoms with Crippen LogP contribution in [0.3, 0.4) is 0 Å². The molecule has 5 rings (SSSR count). The number of anilines is 1. The number of amides is 2. The van der Waals surface area contributed by atoms with Gasteiger partial charge in [0.1, 0.15) is 23.6 Å². The van der Waals surface area contributed by atoms with E-state index in [0.717, 1.165) is 0 Å². The first-order chi connectivity index (χ1) is 20.0. The summed E-state index contributed by atoms with van der Waals surface area (Å²) in [4.78, 5) is 35.7. The molecule has 0 saturated carbocycles. The number of aliphatic hydroxyl groups is 1. The molecule has 2 aliphatic heterocycles. The summed E-state index contributed by atoms with van der Waals surface area (Å²) in [7, 11) is 1.23. The van der Waals surface area contributed by atoms with Crippen LogP contribution in [0, 0.1) is 0 Å². The number of rotatable bonds is 7. The molecule has 0 radical (unpaired) electrons. The van der Waals surface area contributed by atoms with Gasteiger partial charge in [0.2, 0.25) is 11.5 Å². The highest BCUT2D eigenvalue weighted by Crippen LogP contribution is 2.35. The number of alkyl halides is 6. The van der Waals surface area contributed by atoms with E-state index in [1.807, 2.05) is 0 Å². The Bertz CT molecular complexity index is 1570. The summed E-state index contributed by atoms with van der Waals surface area (Å²) in [6, 6.07) is 1.58. The number of nitrogens with zero attached hydrogens (tertiary/aromatic N) is 6. The third-order valence-corrected chi connectivity index (χ3v) is 7.37. The van der Waals surface area contributed by atoms with E-state index in [-0.39, 0.29) is 30.7 Å². The molecule has 3 aromatic rings. The maximum atomic E-state index is 14.8. The lowest BCUT2D eigenvalue weighted by atomic mass is 10.1. The molecule has 3 aromatic heterocycles. The van der Waals surface area contributed by atoms with Crippen molar-refractivity contribution in [3.63, 3.8) is 0 Å². The standard InChI is InChI=1S/C25H26F6N8O4/c1-23(42,25(29,30)31)22(41)38-7-15(26)16(8-38)36-20(40)14-3-12(5-33-21(14)43-2)17-4-13(6-37-9-24(27,28)10-37)18-19(32)34-11-35-39(17)18/h3-5,11,15-16,42H,6-10H2,1-2H3,(H,36,40)(H2,32,34,35)/t15-,16+,23?/m0/s1. The van der Waals surface area contributed by atoms with Gasteiger partial charge in [-0.05, 0) is 24.6 Å². The number of nitrogens with one attached hydrogen (secondary N) is 1. The molecule has 232 valence electrons. The normalized spacial score (nSPS) is 21.8. The topological polar surface area (TPSA) is 151 Å². The van der Waals surface area contributed by atoms with Crippen molar-refractivity contribution in [3.05, 3.63) is 35.8 Å². The Morgan fingerprint density at radius 2 is 1.91 bits per heavy atom. The number of pyridine rings is 1. The number of likely N-dealkylation sites (tertiary alicyclic amines) is 2. The number of carbonyl (C=O) groups is 2. The van der Waals surface area contributed by atoms with Crippen LogP contribution in [0.4, 0.5) is 32.2 Å². The fraction of sp³-hybridized carbons (Fsp3) is 0.480. The van der Waals surface area contributed by atoms with Gasteiger partial charge in [0.15, 0.2) is 5.82 Å². The lowest BCUT2D eigenvalue weighted by Crippen LogP contribution is -2.56. The van der Waals surface area contributed by atoms with Crippen molar-refractivity contribution in [3.8, 4) is 17.1 Å². The SMILES string of the molecule is COc1ncc(-c2cc(CN3CC(F)(F)C3)c3c(N)ncnn23)cc1C(=O)N[C@@H]1CN(C(=O)C(C)(O)C(F)(F)F)C[C@@H]1F. The van der Waals surface area contributed by atoms with Crippen LogP contribution in [-0.2, 0) is 11.3 Å². The minimum atomic E-state index is -5.30. The lowest BCUT2D eigenvalue weighted by Gasteiger charge is -2.38. The van der Waals surface area contributed by atoms with Gasteiger partial charge in [0, 0.05) is 24.8 Å². The zero-order valence-corrected chi connectivity index (χ0v) is 22.7. The van der Waals surface area contributed by atoms with Gasteiger partial charge in [-0.1, -0.05) is 0 Å². The minimum absolute atomic E-state index is 0.0850. The third-order valence-electron chi connectivity index (χ3n) is 7.37. The van der Waals surface area contributed by atoms with E-state index in [0.29, 0.717) is 27.2 Å². The van der Waals surface area contributed by atoms with Gasteiger partial charge < -0.3 is 25.8 Å². The molecule has 0 aromatic carbocycles. The molecular weight excluding hydrogens is 590 g/mol. The van der Waals surface area contributed by atoms with Crippen molar-refractivity contribution in [2.24, 2.45) is 0 Å². The van der Waals surface area contributed by atoms with Crippen LogP contribution in [-0.4, -0.2) is 110 Å². The molecule has 0 aliphatic carbocycles. The Kier molecular flexibility index (Phi) is 7.40. The Morgan fingerprint density at radius 1 is 1.21 bits per heavy atom. The maximum Gasteiger partial charge on any atom is 0.426 e. The Labute approximate surface area is 239 Å². The number of nitrogen functional groups attached to an aromatic ring is 1. The number of carbonyl (C=O) groups excluding carboxylic acids is 2. The summed E-state index contributed by atoms with van der Waals surface area (Å²) in [6.07, 6.45) is -4.70. The molecule has 5 heterocycles. The van der Waals surface area contributed by atoms with Crippen molar-refractivity contribution < 1.29 is 45.8 Å². The average molecular weight is 617 g/mol. The molecule has 2 amide bonds. The van der Waals surface area contributed by atoms with Gasteiger partial charge >= 0.3 is 6.18 Å². The number of halogens is 6. The second-order valence-corrected chi connectivity index (χ2v) is 10.6. The van der Waals surface area contributed by atoms with Crippen molar-refractivity contribution in [2.45, 2.75) is 43.4 Å². The lowest BCUT2D eigenvalue weighted by molar-refractivity contribution is -0.249. The first kappa shape index (κ1) is 30.3. The summed E-state index contributed by atoms with van der Waals surface area (Å²) in [6.45, 7) is -1.90. The highest BCUT2D eigenvalue weighted by atomic mass is 19.4. The van der Waals surface area contributed by atoms with E-state index in [1.54, 1.807) is 6.07 Å². The molecule has 1 unspecified atom stereocenters. The highest BCUT2D eigenvalue weighted by molar-refractivity contribution is 5.98. The summed E-state index contributed by atoms with van der Waals surface area (Å²) in [5.41, 5.74) is 3.72.